The fourth-order valence-corrected chi connectivity index (χ4v) is 0.779. The van der Waals surface area contributed by atoms with Crippen LogP contribution in [0, 0.1) is 0 Å². The molecular weight excluding hydrogens is 170 g/mol. The maximum Gasteiger partial charge on any atom is 0.305 e. The first-order valence-corrected chi connectivity index (χ1v) is 4.74. The number of hydrogen-bond donors (Lipinski definition) is 1. The lowest BCUT2D eigenvalue weighted by molar-refractivity contribution is -0.145. The first-order valence-electron chi connectivity index (χ1n) is 4.74. The molecule has 0 radical (unpaired) electrons. The topological polar surface area (TPSA) is 61.5 Å². The number of nitrogens with two attached hydrogens (primary N) is 1. The molecule has 0 bridgehead atoms. The first kappa shape index (κ1) is 12.4. The molecule has 0 fully saturated rings. The normalized spacial score (nSPS) is 10.0. The van der Waals surface area contributed by atoms with Crippen molar-refractivity contribution in [3.8, 4) is 0 Å². The molecule has 0 unspecified atom stereocenters. The van der Waals surface area contributed by atoms with Gasteiger partial charge in [-0.3, -0.25) is 4.79 Å². The van der Waals surface area contributed by atoms with Gasteiger partial charge in [0.15, 0.2) is 0 Å². The van der Waals surface area contributed by atoms with E-state index in [4.69, 9.17) is 15.2 Å². The molecule has 0 aliphatic heterocycles. The zero-order valence-electron chi connectivity index (χ0n) is 8.25. The minimum absolute atomic E-state index is 0.189. The van der Waals surface area contributed by atoms with E-state index in [1.54, 1.807) is 0 Å². The van der Waals surface area contributed by atoms with E-state index in [-0.39, 0.29) is 5.97 Å². The third kappa shape index (κ3) is 9.30. The van der Waals surface area contributed by atoms with Gasteiger partial charge in [0.2, 0.25) is 0 Å². The van der Waals surface area contributed by atoms with Crippen molar-refractivity contribution in [3.63, 3.8) is 0 Å². The molecule has 4 heteroatoms. The van der Waals surface area contributed by atoms with Gasteiger partial charge in [0.05, 0.1) is 6.61 Å². The second-order valence-corrected chi connectivity index (χ2v) is 2.73. The number of carbonyl (C=O) groups is 1. The van der Waals surface area contributed by atoms with Crippen LogP contribution in [0.1, 0.15) is 26.2 Å². The Labute approximate surface area is 79.4 Å². The van der Waals surface area contributed by atoms with Gasteiger partial charge in [-0.2, -0.15) is 0 Å². The zero-order chi connectivity index (χ0) is 9.94. The summed E-state index contributed by atoms with van der Waals surface area (Å²) in [6.07, 6.45) is 2.08. The summed E-state index contributed by atoms with van der Waals surface area (Å²) in [6, 6.07) is 0. The van der Waals surface area contributed by atoms with Gasteiger partial charge in [0.25, 0.3) is 0 Å². The molecule has 0 saturated carbocycles. The van der Waals surface area contributed by atoms with E-state index in [1.165, 1.54) is 0 Å². The van der Waals surface area contributed by atoms with Crippen molar-refractivity contribution in [3.05, 3.63) is 0 Å². The van der Waals surface area contributed by atoms with E-state index >= 15 is 0 Å². The van der Waals surface area contributed by atoms with Gasteiger partial charge in [0.1, 0.15) is 6.61 Å². The average Bonchev–Trinajstić information content (AvgIpc) is 2.14. The maximum absolute atomic E-state index is 10.9. The van der Waals surface area contributed by atoms with Crippen molar-refractivity contribution in [2.45, 2.75) is 26.2 Å². The molecule has 0 saturated heterocycles. The van der Waals surface area contributed by atoms with Crippen molar-refractivity contribution in [1.29, 1.82) is 0 Å². The van der Waals surface area contributed by atoms with Crippen molar-refractivity contribution < 1.29 is 14.3 Å². The Morgan fingerprint density at radius 3 is 2.69 bits per heavy atom. The van der Waals surface area contributed by atoms with Gasteiger partial charge in [-0.25, -0.2) is 0 Å². The lowest BCUT2D eigenvalue weighted by atomic mass is 10.3. The number of rotatable bonds is 8. The average molecular weight is 189 g/mol. The maximum atomic E-state index is 10.9. The van der Waals surface area contributed by atoms with Gasteiger partial charge in [-0.05, 0) is 19.4 Å². The molecule has 0 aliphatic carbocycles. The van der Waals surface area contributed by atoms with Crippen molar-refractivity contribution in [2.24, 2.45) is 5.73 Å². The summed E-state index contributed by atoms with van der Waals surface area (Å²) in [6.45, 7) is 4.13. The van der Waals surface area contributed by atoms with Crippen LogP contribution in [-0.2, 0) is 14.3 Å². The van der Waals surface area contributed by atoms with Crippen LogP contribution < -0.4 is 5.73 Å². The van der Waals surface area contributed by atoms with Crippen LogP contribution in [0.3, 0.4) is 0 Å². The fourth-order valence-electron chi connectivity index (χ4n) is 0.779. The van der Waals surface area contributed by atoms with Crippen LogP contribution in [0.5, 0.6) is 0 Å². The number of hydrogen-bond acceptors (Lipinski definition) is 4. The monoisotopic (exact) mass is 189 g/mol. The van der Waals surface area contributed by atoms with E-state index in [9.17, 15) is 4.79 Å². The zero-order valence-corrected chi connectivity index (χ0v) is 8.25. The standard InChI is InChI=1S/C9H19NO3/c1-2-6-12-7-8-13-9(11)4-3-5-10/h2-8,10H2,1H3. The summed E-state index contributed by atoms with van der Waals surface area (Å²) >= 11 is 0. The summed E-state index contributed by atoms with van der Waals surface area (Å²) in [7, 11) is 0. The Hall–Kier alpha value is -0.610. The highest BCUT2D eigenvalue weighted by atomic mass is 16.6. The van der Waals surface area contributed by atoms with Crippen molar-refractivity contribution in [2.75, 3.05) is 26.4 Å². The predicted molar refractivity (Wildman–Crippen MR) is 50.4 cm³/mol. The van der Waals surface area contributed by atoms with E-state index in [1.807, 2.05) is 6.92 Å². The lowest BCUT2D eigenvalue weighted by Gasteiger charge is -2.04. The minimum atomic E-state index is -0.189. The molecule has 0 heterocycles. The Balaban J connectivity index is 3.08. The molecule has 13 heavy (non-hydrogen) atoms. The molecule has 0 amide bonds. The van der Waals surface area contributed by atoms with E-state index in [2.05, 4.69) is 0 Å². The molecular formula is C9H19NO3. The van der Waals surface area contributed by atoms with Crippen molar-refractivity contribution in [1.82, 2.24) is 0 Å². The van der Waals surface area contributed by atoms with E-state index in [0.29, 0.717) is 32.6 Å². The Kier molecular flexibility index (Phi) is 9.03. The number of esters is 1. The third-order valence-electron chi connectivity index (χ3n) is 1.42. The highest BCUT2D eigenvalue weighted by Gasteiger charge is 2.00. The van der Waals surface area contributed by atoms with Crippen molar-refractivity contribution >= 4 is 5.97 Å². The molecule has 0 aliphatic rings. The van der Waals surface area contributed by atoms with Crippen LogP contribution in [0.15, 0.2) is 0 Å². The summed E-state index contributed by atoms with van der Waals surface area (Å²) in [5.74, 6) is -0.189. The fraction of sp³-hybridized carbons (Fsp3) is 0.889. The Morgan fingerprint density at radius 2 is 2.08 bits per heavy atom. The number of ether oxygens (including phenoxy) is 2. The second-order valence-electron chi connectivity index (χ2n) is 2.73. The molecule has 0 aromatic heterocycles. The summed E-state index contributed by atoms with van der Waals surface area (Å²) in [5, 5.41) is 0. The van der Waals surface area contributed by atoms with Crippen LogP contribution in [0.2, 0.25) is 0 Å². The molecule has 78 valence electrons. The largest absolute Gasteiger partial charge is 0.463 e. The quantitative estimate of drug-likeness (QED) is 0.451. The molecule has 0 rings (SSSR count). The van der Waals surface area contributed by atoms with E-state index < -0.39 is 0 Å². The molecule has 0 aromatic carbocycles. The summed E-state index contributed by atoms with van der Waals surface area (Å²) in [5.41, 5.74) is 5.24. The van der Waals surface area contributed by atoms with Crippen LogP contribution in [0.4, 0.5) is 0 Å². The van der Waals surface area contributed by atoms with Gasteiger partial charge >= 0.3 is 5.97 Å². The smallest absolute Gasteiger partial charge is 0.305 e. The van der Waals surface area contributed by atoms with Crippen LogP contribution in [0.25, 0.3) is 0 Å². The second kappa shape index (κ2) is 9.48. The highest BCUT2D eigenvalue weighted by Crippen LogP contribution is 1.91. The third-order valence-corrected chi connectivity index (χ3v) is 1.42. The molecule has 2 N–H and O–H groups in total. The van der Waals surface area contributed by atoms with Crippen LogP contribution in [-0.4, -0.2) is 32.3 Å². The Bertz CT molecular complexity index is 128. The molecule has 4 nitrogen and oxygen atoms in total. The molecule has 0 atom stereocenters. The summed E-state index contributed by atoms with van der Waals surface area (Å²) < 4.78 is 10.0. The van der Waals surface area contributed by atoms with E-state index in [0.717, 1.165) is 13.0 Å². The summed E-state index contributed by atoms with van der Waals surface area (Å²) in [4.78, 5) is 10.9. The molecule has 0 aromatic rings. The van der Waals surface area contributed by atoms with Gasteiger partial charge in [-0.15, -0.1) is 0 Å². The van der Waals surface area contributed by atoms with Gasteiger partial charge in [0, 0.05) is 13.0 Å². The highest BCUT2D eigenvalue weighted by molar-refractivity contribution is 5.69. The SMILES string of the molecule is CCCOCCOC(=O)CCCN. The lowest BCUT2D eigenvalue weighted by Crippen LogP contribution is -2.12. The van der Waals surface area contributed by atoms with Crippen LogP contribution >= 0.6 is 0 Å². The first-order chi connectivity index (χ1) is 6.31. The Morgan fingerprint density at radius 1 is 1.31 bits per heavy atom. The van der Waals surface area contributed by atoms with Gasteiger partial charge in [-0.1, -0.05) is 6.92 Å². The predicted octanol–water partition coefficient (Wildman–Crippen LogP) is 0.695. The molecule has 0 spiro atoms. The number of carbonyl (C=O) groups excluding carboxylic acids is 1. The minimum Gasteiger partial charge on any atom is -0.463 e. The van der Waals surface area contributed by atoms with Gasteiger partial charge < -0.3 is 15.2 Å².